The number of aromatic nitrogens is 2. The molecular weight excluding hydrogens is 450 g/mol. The third-order valence-electron chi connectivity index (χ3n) is 3.64. The van der Waals surface area contributed by atoms with Crippen molar-refractivity contribution in [3.63, 3.8) is 0 Å². The predicted molar refractivity (Wildman–Crippen MR) is 114 cm³/mol. The van der Waals surface area contributed by atoms with Gasteiger partial charge in [-0.3, -0.25) is 9.59 Å². The summed E-state index contributed by atoms with van der Waals surface area (Å²) in [5.41, 5.74) is 0.994. The van der Waals surface area contributed by atoms with Crippen molar-refractivity contribution in [1.82, 2.24) is 14.9 Å². The van der Waals surface area contributed by atoms with Gasteiger partial charge in [0.2, 0.25) is 20.9 Å². The smallest absolute Gasteiger partial charge is 0.286 e. The summed E-state index contributed by atoms with van der Waals surface area (Å²) in [6, 6.07) is 12.4. The Morgan fingerprint density at radius 2 is 1.77 bits per heavy atom. The van der Waals surface area contributed by atoms with E-state index in [0.29, 0.717) is 21.4 Å². The monoisotopic (exact) mass is 465 g/mol. The van der Waals surface area contributed by atoms with Gasteiger partial charge in [0.1, 0.15) is 5.01 Å². The van der Waals surface area contributed by atoms with Gasteiger partial charge in [-0.15, -0.1) is 10.2 Å². The van der Waals surface area contributed by atoms with Gasteiger partial charge in [-0.05, 0) is 42.5 Å². The molecule has 0 saturated carbocycles. The van der Waals surface area contributed by atoms with E-state index in [0.717, 1.165) is 11.3 Å². The highest BCUT2D eigenvalue weighted by atomic mass is 35.5. The van der Waals surface area contributed by atoms with Crippen LogP contribution in [0.3, 0.4) is 0 Å². The minimum Gasteiger partial charge on any atom is -0.326 e. The van der Waals surface area contributed by atoms with E-state index in [4.69, 9.17) is 11.6 Å². The van der Waals surface area contributed by atoms with Crippen molar-refractivity contribution in [3.05, 3.63) is 63.6 Å². The first kappa shape index (κ1) is 21.8. The first-order valence-corrected chi connectivity index (χ1v) is 11.2. The van der Waals surface area contributed by atoms with Gasteiger partial charge in [0.15, 0.2) is 0 Å². The summed E-state index contributed by atoms with van der Waals surface area (Å²) in [6.07, 6.45) is 0. The molecule has 0 atom stereocenters. The second kappa shape index (κ2) is 9.30. The number of nitrogens with zero attached hydrogens (tertiary/aromatic N) is 2. The van der Waals surface area contributed by atoms with E-state index in [1.807, 2.05) is 0 Å². The second-order valence-electron chi connectivity index (χ2n) is 6.00. The Kier molecular flexibility index (Phi) is 6.77. The number of carbonyl (C=O) groups excluding carboxylic acids is 2. The van der Waals surface area contributed by atoms with Crippen molar-refractivity contribution in [3.8, 4) is 0 Å². The number of nitrogens with one attached hydrogen (secondary N) is 3. The Hall–Kier alpha value is -2.86. The van der Waals surface area contributed by atoms with Gasteiger partial charge in [0.25, 0.3) is 5.91 Å². The van der Waals surface area contributed by atoms with Gasteiger partial charge >= 0.3 is 0 Å². The molecule has 3 aromatic rings. The van der Waals surface area contributed by atoms with Crippen LogP contribution in [0.4, 0.5) is 11.4 Å². The Balaban J connectivity index is 1.61. The third-order valence-corrected chi connectivity index (χ3v) is 6.22. The van der Waals surface area contributed by atoms with Gasteiger partial charge in [-0.1, -0.05) is 29.0 Å². The highest BCUT2D eigenvalue weighted by Crippen LogP contribution is 2.18. The molecule has 0 fully saturated rings. The average Bonchev–Trinajstić information content (AvgIpc) is 3.16. The minimum absolute atomic E-state index is 0.0278. The van der Waals surface area contributed by atoms with Gasteiger partial charge in [0.05, 0.1) is 11.4 Å². The zero-order valence-corrected chi connectivity index (χ0v) is 17.9. The molecule has 1 heterocycles. The lowest BCUT2D eigenvalue weighted by Crippen LogP contribution is -2.23. The fourth-order valence-electron chi connectivity index (χ4n) is 2.33. The Labute approximate surface area is 181 Å². The SMILES string of the molecule is CC(=O)Nc1ccc(S(=O)(=O)NCc2nnc(C(=O)Nc3cccc(Cl)c3)s2)cc1. The summed E-state index contributed by atoms with van der Waals surface area (Å²) in [7, 11) is -3.81. The molecule has 0 aliphatic carbocycles. The number of carbonyl (C=O) groups is 2. The quantitative estimate of drug-likeness (QED) is 0.491. The maximum Gasteiger partial charge on any atom is 0.286 e. The van der Waals surface area contributed by atoms with Crippen molar-refractivity contribution in [2.75, 3.05) is 10.6 Å². The molecule has 0 bridgehead atoms. The standard InChI is InChI=1S/C18H16ClN5O4S2/c1-11(25)21-13-5-7-15(8-6-13)30(27,28)20-10-16-23-24-18(29-16)17(26)22-14-4-2-3-12(19)9-14/h2-9,20H,10H2,1H3,(H,21,25)(H,22,26). The van der Waals surface area contributed by atoms with Crippen LogP contribution in [0.1, 0.15) is 21.7 Å². The van der Waals surface area contributed by atoms with Crippen LogP contribution in [0.2, 0.25) is 5.02 Å². The molecular formula is C18H16ClN5O4S2. The number of amides is 2. The summed E-state index contributed by atoms with van der Waals surface area (Å²) < 4.78 is 27.2. The van der Waals surface area contributed by atoms with Gasteiger partial charge < -0.3 is 10.6 Å². The fraction of sp³-hybridized carbons (Fsp3) is 0.111. The molecule has 0 unspecified atom stereocenters. The number of halogens is 1. The number of hydrogen-bond donors (Lipinski definition) is 3. The van der Waals surface area contributed by atoms with Crippen molar-refractivity contribution in [2.24, 2.45) is 0 Å². The second-order valence-corrected chi connectivity index (χ2v) is 9.26. The summed E-state index contributed by atoms with van der Waals surface area (Å²) in [4.78, 5) is 23.3. The van der Waals surface area contributed by atoms with Gasteiger partial charge in [-0.25, -0.2) is 13.1 Å². The third kappa shape index (κ3) is 5.83. The minimum atomic E-state index is -3.81. The maximum absolute atomic E-state index is 12.4. The van der Waals surface area contributed by atoms with Crippen LogP contribution in [0.15, 0.2) is 53.4 Å². The van der Waals surface area contributed by atoms with E-state index in [1.165, 1.54) is 31.2 Å². The first-order valence-electron chi connectivity index (χ1n) is 8.49. The van der Waals surface area contributed by atoms with Crippen LogP contribution < -0.4 is 15.4 Å². The molecule has 3 rings (SSSR count). The summed E-state index contributed by atoms with van der Waals surface area (Å²) in [5, 5.41) is 13.7. The van der Waals surface area contributed by atoms with Gasteiger partial charge in [-0.2, -0.15) is 0 Å². The van der Waals surface area contributed by atoms with E-state index in [-0.39, 0.29) is 22.4 Å². The van der Waals surface area contributed by atoms with E-state index >= 15 is 0 Å². The number of sulfonamides is 1. The van der Waals surface area contributed by atoms with Crippen LogP contribution >= 0.6 is 22.9 Å². The molecule has 9 nitrogen and oxygen atoms in total. The largest absolute Gasteiger partial charge is 0.326 e. The molecule has 2 amide bonds. The molecule has 0 spiro atoms. The first-order chi connectivity index (χ1) is 14.2. The molecule has 0 radical (unpaired) electrons. The van der Waals surface area contributed by atoms with E-state index < -0.39 is 15.9 Å². The van der Waals surface area contributed by atoms with Crippen LogP contribution in [0.25, 0.3) is 0 Å². The average molecular weight is 466 g/mol. The van der Waals surface area contributed by atoms with Crippen molar-refractivity contribution in [2.45, 2.75) is 18.4 Å². The predicted octanol–water partition coefficient (Wildman–Crippen LogP) is 2.88. The topological polar surface area (TPSA) is 130 Å². The number of benzene rings is 2. The highest BCUT2D eigenvalue weighted by molar-refractivity contribution is 7.89. The van der Waals surface area contributed by atoms with E-state index in [9.17, 15) is 18.0 Å². The number of anilines is 2. The molecule has 3 N–H and O–H groups in total. The highest BCUT2D eigenvalue weighted by Gasteiger charge is 2.17. The van der Waals surface area contributed by atoms with E-state index in [1.54, 1.807) is 24.3 Å². The zero-order chi connectivity index (χ0) is 21.7. The van der Waals surface area contributed by atoms with Crippen LogP contribution in [0.5, 0.6) is 0 Å². The molecule has 1 aromatic heterocycles. The normalized spacial score (nSPS) is 11.1. The lowest BCUT2D eigenvalue weighted by molar-refractivity contribution is -0.114. The summed E-state index contributed by atoms with van der Waals surface area (Å²) >= 11 is 6.85. The van der Waals surface area contributed by atoms with Crippen molar-refractivity contribution < 1.29 is 18.0 Å². The Bertz CT molecular complexity index is 1180. The lowest BCUT2D eigenvalue weighted by Gasteiger charge is -2.06. The van der Waals surface area contributed by atoms with Crippen LogP contribution in [-0.2, 0) is 21.4 Å². The van der Waals surface area contributed by atoms with Crippen LogP contribution in [0, 0.1) is 0 Å². The van der Waals surface area contributed by atoms with Crippen molar-refractivity contribution >= 4 is 56.2 Å². The molecule has 2 aromatic carbocycles. The van der Waals surface area contributed by atoms with E-state index in [2.05, 4.69) is 25.6 Å². The molecule has 0 saturated heterocycles. The number of hydrogen-bond acceptors (Lipinski definition) is 7. The Morgan fingerprint density at radius 3 is 2.43 bits per heavy atom. The van der Waals surface area contributed by atoms with Crippen LogP contribution in [-0.4, -0.2) is 30.4 Å². The van der Waals surface area contributed by atoms with Crippen molar-refractivity contribution in [1.29, 1.82) is 0 Å². The Morgan fingerprint density at radius 1 is 1.03 bits per heavy atom. The zero-order valence-electron chi connectivity index (χ0n) is 15.5. The fourth-order valence-corrected chi connectivity index (χ4v) is 4.27. The lowest BCUT2D eigenvalue weighted by atomic mass is 10.3. The molecule has 30 heavy (non-hydrogen) atoms. The molecule has 156 valence electrons. The molecule has 0 aliphatic rings. The molecule has 12 heteroatoms. The summed E-state index contributed by atoms with van der Waals surface area (Å²) in [6.45, 7) is 1.23. The number of rotatable bonds is 7. The summed E-state index contributed by atoms with van der Waals surface area (Å²) in [5.74, 6) is -0.729. The maximum atomic E-state index is 12.4. The van der Waals surface area contributed by atoms with Gasteiger partial charge in [0, 0.05) is 23.3 Å². The molecule has 0 aliphatic heterocycles.